The van der Waals surface area contributed by atoms with Crippen molar-refractivity contribution in [1.82, 2.24) is 9.55 Å². The molecular formula is C13H13N3O5. The van der Waals surface area contributed by atoms with Crippen molar-refractivity contribution in [3.05, 3.63) is 51.2 Å². The maximum atomic E-state index is 11.9. The number of amides is 1. The zero-order valence-corrected chi connectivity index (χ0v) is 10.9. The first-order valence-electron chi connectivity index (χ1n) is 6.04. The predicted octanol–water partition coefficient (Wildman–Crippen LogP) is 0.00450. The minimum Gasteiger partial charge on any atom is -0.494 e. The number of aromatic amines is 1. The van der Waals surface area contributed by atoms with Crippen molar-refractivity contribution in [3.8, 4) is 17.0 Å². The van der Waals surface area contributed by atoms with E-state index >= 15 is 0 Å². The van der Waals surface area contributed by atoms with Gasteiger partial charge in [-0.15, -0.1) is 0 Å². The van der Waals surface area contributed by atoms with Gasteiger partial charge in [0, 0.05) is 0 Å². The summed E-state index contributed by atoms with van der Waals surface area (Å²) in [5, 5.41) is 10.1. The normalized spacial score (nSPS) is 10.3. The SMILES string of the molecule is NC(=O)OCCn1c(O)c(-c2ccccc2)c(=O)[nH]c1=O. The number of hydrogen-bond donors (Lipinski definition) is 3. The second-order valence-electron chi connectivity index (χ2n) is 4.14. The van der Waals surface area contributed by atoms with Gasteiger partial charge in [0.15, 0.2) is 0 Å². The summed E-state index contributed by atoms with van der Waals surface area (Å²) in [6.07, 6.45) is -0.991. The van der Waals surface area contributed by atoms with Gasteiger partial charge in [0.25, 0.3) is 5.56 Å². The van der Waals surface area contributed by atoms with Gasteiger partial charge in [0.05, 0.1) is 6.54 Å². The first kappa shape index (κ1) is 14.4. The first-order valence-corrected chi connectivity index (χ1v) is 6.04. The highest BCUT2D eigenvalue weighted by Crippen LogP contribution is 2.23. The Kier molecular flexibility index (Phi) is 4.07. The fraction of sp³-hybridized carbons (Fsp3) is 0.154. The minimum absolute atomic E-state index is 0.0331. The summed E-state index contributed by atoms with van der Waals surface area (Å²) in [5.41, 5.74) is 3.74. The van der Waals surface area contributed by atoms with Gasteiger partial charge in [0.1, 0.15) is 12.2 Å². The Morgan fingerprint density at radius 1 is 1.29 bits per heavy atom. The van der Waals surface area contributed by atoms with Crippen LogP contribution < -0.4 is 17.0 Å². The summed E-state index contributed by atoms with van der Waals surface area (Å²) < 4.78 is 5.40. The number of rotatable bonds is 4. The number of primary amides is 1. The van der Waals surface area contributed by atoms with Gasteiger partial charge in [-0.25, -0.2) is 9.59 Å². The van der Waals surface area contributed by atoms with Crippen molar-refractivity contribution < 1.29 is 14.6 Å². The maximum Gasteiger partial charge on any atom is 0.404 e. The highest BCUT2D eigenvalue weighted by molar-refractivity contribution is 5.67. The van der Waals surface area contributed by atoms with E-state index in [-0.39, 0.29) is 18.7 Å². The lowest BCUT2D eigenvalue weighted by molar-refractivity contribution is 0.150. The molecule has 4 N–H and O–H groups in total. The van der Waals surface area contributed by atoms with Crippen LogP contribution in [0.4, 0.5) is 4.79 Å². The average Bonchev–Trinajstić information content (AvgIpc) is 2.43. The number of nitrogens with zero attached hydrogens (tertiary/aromatic N) is 1. The summed E-state index contributed by atoms with van der Waals surface area (Å²) in [6, 6.07) is 8.39. The number of aromatic hydroxyl groups is 1. The van der Waals surface area contributed by atoms with Crippen LogP contribution in [0.15, 0.2) is 39.9 Å². The van der Waals surface area contributed by atoms with Crippen LogP contribution in [-0.2, 0) is 11.3 Å². The van der Waals surface area contributed by atoms with Crippen LogP contribution in [0.3, 0.4) is 0 Å². The lowest BCUT2D eigenvalue weighted by Gasteiger charge is -2.11. The zero-order chi connectivity index (χ0) is 15.4. The summed E-state index contributed by atoms with van der Waals surface area (Å²) in [5.74, 6) is -0.497. The van der Waals surface area contributed by atoms with Crippen LogP contribution in [0, 0.1) is 0 Å². The van der Waals surface area contributed by atoms with Crippen LogP contribution in [-0.4, -0.2) is 27.4 Å². The van der Waals surface area contributed by atoms with Crippen molar-refractivity contribution in [1.29, 1.82) is 0 Å². The molecule has 8 nitrogen and oxygen atoms in total. The molecule has 8 heteroatoms. The first-order chi connectivity index (χ1) is 10.0. The largest absolute Gasteiger partial charge is 0.494 e. The highest BCUT2D eigenvalue weighted by Gasteiger charge is 2.15. The quantitative estimate of drug-likeness (QED) is 0.730. The van der Waals surface area contributed by atoms with Gasteiger partial charge in [-0.1, -0.05) is 30.3 Å². The van der Waals surface area contributed by atoms with Crippen LogP contribution in [0.1, 0.15) is 0 Å². The predicted molar refractivity (Wildman–Crippen MR) is 74.0 cm³/mol. The van der Waals surface area contributed by atoms with E-state index in [9.17, 15) is 19.5 Å². The summed E-state index contributed by atoms with van der Waals surface area (Å²) >= 11 is 0. The Labute approximate surface area is 118 Å². The second-order valence-corrected chi connectivity index (χ2v) is 4.14. The molecule has 0 aliphatic rings. The number of hydrogen-bond acceptors (Lipinski definition) is 5. The monoisotopic (exact) mass is 291 g/mol. The number of H-pyrrole nitrogens is 1. The second kappa shape index (κ2) is 5.95. The van der Waals surface area contributed by atoms with E-state index in [1.807, 2.05) is 0 Å². The van der Waals surface area contributed by atoms with Gasteiger partial charge >= 0.3 is 11.8 Å². The molecule has 0 fully saturated rings. The minimum atomic E-state index is -0.991. The number of nitrogens with two attached hydrogens (primary N) is 1. The fourth-order valence-corrected chi connectivity index (χ4v) is 1.87. The maximum absolute atomic E-state index is 11.9. The van der Waals surface area contributed by atoms with Gasteiger partial charge in [-0.05, 0) is 5.56 Å². The molecule has 1 aromatic carbocycles. The molecule has 0 saturated carbocycles. The smallest absolute Gasteiger partial charge is 0.404 e. The molecule has 0 atom stereocenters. The third kappa shape index (κ3) is 3.11. The van der Waals surface area contributed by atoms with Crippen molar-refractivity contribution in [3.63, 3.8) is 0 Å². The van der Waals surface area contributed by atoms with Crippen molar-refractivity contribution in [2.24, 2.45) is 5.73 Å². The molecule has 0 spiro atoms. The van der Waals surface area contributed by atoms with E-state index in [1.165, 1.54) is 0 Å². The van der Waals surface area contributed by atoms with E-state index in [4.69, 9.17) is 5.73 Å². The number of benzene rings is 1. The fourth-order valence-electron chi connectivity index (χ4n) is 1.87. The molecule has 0 aliphatic carbocycles. The van der Waals surface area contributed by atoms with Crippen LogP contribution >= 0.6 is 0 Å². The molecule has 0 aliphatic heterocycles. The summed E-state index contributed by atoms with van der Waals surface area (Å²) in [7, 11) is 0. The molecule has 0 radical (unpaired) electrons. The van der Waals surface area contributed by atoms with Gasteiger partial charge < -0.3 is 15.6 Å². The summed E-state index contributed by atoms with van der Waals surface area (Å²) in [6.45, 7) is -0.340. The van der Waals surface area contributed by atoms with Crippen LogP contribution in [0.25, 0.3) is 11.1 Å². The van der Waals surface area contributed by atoms with Gasteiger partial charge in [-0.3, -0.25) is 14.3 Å². The van der Waals surface area contributed by atoms with E-state index < -0.39 is 23.2 Å². The Bertz CT molecular complexity index is 764. The van der Waals surface area contributed by atoms with Crippen molar-refractivity contribution >= 4 is 6.09 Å². The molecular weight excluding hydrogens is 278 g/mol. The molecule has 0 bridgehead atoms. The molecule has 2 rings (SSSR count). The Morgan fingerprint density at radius 2 is 1.95 bits per heavy atom. The Balaban J connectivity index is 2.46. The third-order valence-electron chi connectivity index (χ3n) is 2.79. The van der Waals surface area contributed by atoms with Crippen molar-refractivity contribution in [2.75, 3.05) is 6.61 Å². The van der Waals surface area contributed by atoms with E-state index in [0.717, 1.165) is 4.57 Å². The summed E-state index contributed by atoms with van der Waals surface area (Å²) in [4.78, 5) is 36.2. The van der Waals surface area contributed by atoms with Gasteiger partial charge in [0.2, 0.25) is 5.88 Å². The lowest BCUT2D eigenvalue weighted by atomic mass is 10.1. The van der Waals surface area contributed by atoms with Gasteiger partial charge in [-0.2, -0.15) is 0 Å². The van der Waals surface area contributed by atoms with Crippen molar-refractivity contribution in [2.45, 2.75) is 6.54 Å². The molecule has 0 saturated heterocycles. The number of carbonyl (C=O) groups excluding carboxylic acids is 1. The number of aromatic nitrogens is 2. The average molecular weight is 291 g/mol. The topological polar surface area (TPSA) is 127 Å². The molecule has 1 aromatic heterocycles. The van der Waals surface area contributed by atoms with E-state index in [2.05, 4.69) is 9.72 Å². The van der Waals surface area contributed by atoms with E-state index in [0.29, 0.717) is 5.56 Å². The number of ether oxygens (including phenoxy) is 1. The molecule has 1 heterocycles. The lowest BCUT2D eigenvalue weighted by Crippen LogP contribution is -2.32. The molecule has 0 unspecified atom stereocenters. The molecule has 1 amide bonds. The zero-order valence-electron chi connectivity index (χ0n) is 10.9. The van der Waals surface area contributed by atoms with E-state index in [1.54, 1.807) is 30.3 Å². The van der Waals surface area contributed by atoms with Crippen LogP contribution in [0.2, 0.25) is 0 Å². The highest BCUT2D eigenvalue weighted by atomic mass is 16.5. The molecule has 110 valence electrons. The number of carbonyl (C=O) groups is 1. The third-order valence-corrected chi connectivity index (χ3v) is 2.79. The molecule has 2 aromatic rings. The standard InChI is InChI=1S/C13H13N3O5/c14-12(19)21-7-6-16-11(18)9(10(17)15-13(16)20)8-4-2-1-3-5-8/h1-5,18H,6-7H2,(H2,14,19)(H,15,17,20). The van der Waals surface area contributed by atoms with Crippen LogP contribution in [0.5, 0.6) is 5.88 Å². The Morgan fingerprint density at radius 3 is 2.57 bits per heavy atom. The number of nitrogens with one attached hydrogen (secondary N) is 1. The Hall–Kier alpha value is -3.03. The molecule has 21 heavy (non-hydrogen) atoms.